The van der Waals surface area contributed by atoms with Crippen molar-refractivity contribution < 1.29 is 14.3 Å². The molecule has 0 saturated heterocycles. The molecular weight excluding hydrogens is 398 g/mol. The summed E-state index contributed by atoms with van der Waals surface area (Å²) < 4.78 is 6.49. The predicted octanol–water partition coefficient (Wildman–Crippen LogP) is 2.31. The second-order valence-corrected chi connectivity index (χ2v) is 7.65. The summed E-state index contributed by atoms with van der Waals surface area (Å²) >= 11 is 2.57. The predicted molar refractivity (Wildman–Crippen MR) is 107 cm³/mol. The molecule has 3 aromatic rings. The zero-order valence-corrected chi connectivity index (χ0v) is 17.0. The number of esters is 1. The standard InChI is InChI=1S/C18H19N5O3S2/c1-23-14(8-12-6-4-3-5-7-12)21-22-18(23)28-11-15(24)20-17-19-13(10-27-17)9-16(25)26-2/h3-7,10H,8-9,11H2,1-2H3,(H,19,20,24). The third kappa shape index (κ3) is 5.40. The SMILES string of the molecule is COC(=O)Cc1csc(NC(=O)CSc2nnc(Cc3ccccc3)n2C)n1. The Morgan fingerprint density at radius 1 is 1.25 bits per heavy atom. The van der Waals surface area contributed by atoms with Gasteiger partial charge in [-0.05, 0) is 5.56 Å². The van der Waals surface area contributed by atoms with Crippen LogP contribution in [-0.2, 0) is 34.2 Å². The van der Waals surface area contributed by atoms with Crippen molar-refractivity contribution in [1.82, 2.24) is 19.7 Å². The van der Waals surface area contributed by atoms with Crippen molar-refractivity contribution in [3.63, 3.8) is 0 Å². The molecule has 8 nitrogen and oxygen atoms in total. The minimum absolute atomic E-state index is 0.0841. The number of nitrogens with one attached hydrogen (secondary N) is 1. The molecule has 2 aromatic heterocycles. The maximum absolute atomic E-state index is 12.2. The van der Waals surface area contributed by atoms with Gasteiger partial charge in [0.1, 0.15) is 5.82 Å². The topological polar surface area (TPSA) is 99.0 Å². The third-order valence-electron chi connectivity index (χ3n) is 3.81. The Morgan fingerprint density at radius 2 is 2.04 bits per heavy atom. The Labute approximate surface area is 170 Å². The summed E-state index contributed by atoms with van der Waals surface area (Å²) in [4.78, 5) is 27.6. The molecule has 1 N–H and O–H groups in total. The van der Waals surface area contributed by atoms with Gasteiger partial charge in [-0.2, -0.15) is 0 Å². The van der Waals surface area contributed by atoms with Gasteiger partial charge in [0.25, 0.3) is 0 Å². The Bertz CT molecular complexity index is 955. The first-order valence-electron chi connectivity index (χ1n) is 8.41. The largest absolute Gasteiger partial charge is 0.469 e. The number of hydrogen-bond acceptors (Lipinski definition) is 8. The van der Waals surface area contributed by atoms with Crippen LogP contribution in [0.25, 0.3) is 0 Å². The fourth-order valence-electron chi connectivity index (χ4n) is 2.35. The first-order chi connectivity index (χ1) is 13.5. The van der Waals surface area contributed by atoms with Crippen molar-refractivity contribution in [2.75, 3.05) is 18.2 Å². The van der Waals surface area contributed by atoms with Gasteiger partial charge in [-0.1, -0.05) is 42.1 Å². The number of ether oxygens (including phenoxy) is 1. The highest BCUT2D eigenvalue weighted by atomic mass is 32.2. The second kappa shape index (κ2) is 9.47. The molecule has 1 amide bonds. The maximum atomic E-state index is 12.2. The minimum atomic E-state index is -0.368. The lowest BCUT2D eigenvalue weighted by Gasteiger charge is -2.04. The second-order valence-electron chi connectivity index (χ2n) is 5.85. The summed E-state index contributed by atoms with van der Waals surface area (Å²) in [6.45, 7) is 0. The molecule has 0 unspecified atom stereocenters. The summed E-state index contributed by atoms with van der Waals surface area (Å²) in [5.41, 5.74) is 1.72. The Morgan fingerprint density at radius 3 is 2.79 bits per heavy atom. The molecule has 1 aromatic carbocycles. The van der Waals surface area contributed by atoms with E-state index in [2.05, 4.69) is 25.2 Å². The number of benzene rings is 1. The maximum Gasteiger partial charge on any atom is 0.311 e. The molecule has 2 heterocycles. The number of aromatic nitrogens is 4. The van der Waals surface area contributed by atoms with Crippen LogP contribution in [0.15, 0.2) is 40.9 Å². The van der Waals surface area contributed by atoms with Gasteiger partial charge in [-0.3, -0.25) is 9.59 Å². The first kappa shape index (κ1) is 20.0. The molecule has 0 spiro atoms. The Balaban J connectivity index is 1.51. The molecule has 0 atom stereocenters. The van der Waals surface area contributed by atoms with E-state index in [1.807, 2.05) is 41.9 Å². The van der Waals surface area contributed by atoms with Crippen LogP contribution in [0.4, 0.5) is 5.13 Å². The van der Waals surface area contributed by atoms with Gasteiger partial charge in [0.15, 0.2) is 10.3 Å². The number of nitrogens with zero attached hydrogens (tertiary/aromatic N) is 4. The molecule has 0 fully saturated rings. The molecule has 0 bridgehead atoms. The number of methoxy groups -OCH3 is 1. The van der Waals surface area contributed by atoms with E-state index in [1.165, 1.54) is 30.2 Å². The summed E-state index contributed by atoms with van der Waals surface area (Å²) in [5, 5.41) is 14.0. The van der Waals surface area contributed by atoms with Crippen molar-refractivity contribution in [3.05, 3.63) is 52.8 Å². The number of thioether (sulfide) groups is 1. The van der Waals surface area contributed by atoms with E-state index >= 15 is 0 Å². The molecule has 28 heavy (non-hydrogen) atoms. The number of carbonyl (C=O) groups excluding carboxylic acids is 2. The highest BCUT2D eigenvalue weighted by molar-refractivity contribution is 7.99. The van der Waals surface area contributed by atoms with E-state index in [0.29, 0.717) is 22.4 Å². The molecular formula is C18H19N5O3S2. The van der Waals surface area contributed by atoms with Crippen LogP contribution in [-0.4, -0.2) is 44.5 Å². The molecule has 0 aliphatic rings. The molecule has 0 aliphatic heterocycles. The molecule has 3 rings (SSSR count). The molecule has 10 heteroatoms. The lowest BCUT2D eigenvalue weighted by atomic mass is 10.1. The summed E-state index contributed by atoms with van der Waals surface area (Å²) in [5.74, 6) is 0.453. The van der Waals surface area contributed by atoms with E-state index < -0.39 is 0 Å². The van der Waals surface area contributed by atoms with Crippen molar-refractivity contribution in [2.24, 2.45) is 7.05 Å². The molecule has 0 radical (unpaired) electrons. The van der Waals surface area contributed by atoms with Crippen molar-refractivity contribution in [2.45, 2.75) is 18.0 Å². The van der Waals surface area contributed by atoms with Crippen LogP contribution >= 0.6 is 23.1 Å². The minimum Gasteiger partial charge on any atom is -0.469 e. The van der Waals surface area contributed by atoms with Crippen LogP contribution < -0.4 is 5.32 Å². The number of carbonyl (C=O) groups is 2. The van der Waals surface area contributed by atoms with Crippen LogP contribution in [0.3, 0.4) is 0 Å². The Hall–Kier alpha value is -2.72. The smallest absolute Gasteiger partial charge is 0.311 e. The fourth-order valence-corrected chi connectivity index (χ4v) is 3.81. The van der Waals surface area contributed by atoms with E-state index in [9.17, 15) is 9.59 Å². The third-order valence-corrected chi connectivity index (χ3v) is 5.64. The lowest BCUT2D eigenvalue weighted by molar-refractivity contribution is -0.139. The number of rotatable bonds is 8. The van der Waals surface area contributed by atoms with Gasteiger partial charge in [0, 0.05) is 18.8 Å². The number of hydrogen-bond donors (Lipinski definition) is 1. The summed E-state index contributed by atoms with van der Waals surface area (Å²) in [6, 6.07) is 10.0. The first-order valence-corrected chi connectivity index (χ1v) is 10.3. The van der Waals surface area contributed by atoms with Crippen molar-refractivity contribution in [3.8, 4) is 0 Å². The monoisotopic (exact) mass is 417 g/mol. The highest BCUT2D eigenvalue weighted by Gasteiger charge is 2.14. The Kier molecular flexibility index (Phi) is 6.77. The van der Waals surface area contributed by atoms with Crippen molar-refractivity contribution in [1.29, 1.82) is 0 Å². The van der Waals surface area contributed by atoms with Gasteiger partial charge < -0.3 is 14.6 Å². The van der Waals surface area contributed by atoms with E-state index in [1.54, 1.807) is 5.38 Å². The summed E-state index contributed by atoms with van der Waals surface area (Å²) in [7, 11) is 3.21. The van der Waals surface area contributed by atoms with Crippen molar-refractivity contribution >= 4 is 40.1 Å². The molecule has 0 aliphatic carbocycles. The number of amides is 1. The normalized spacial score (nSPS) is 10.6. The lowest BCUT2D eigenvalue weighted by Crippen LogP contribution is -2.14. The zero-order chi connectivity index (χ0) is 19.9. The average Bonchev–Trinajstić information content (AvgIpc) is 3.27. The van der Waals surface area contributed by atoms with E-state index in [0.717, 1.165) is 11.4 Å². The van der Waals surface area contributed by atoms with E-state index in [-0.39, 0.29) is 24.1 Å². The highest BCUT2D eigenvalue weighted by Crippen LogP contribution is 2.19. The van der Waals surface area contributed by atoms with Crippen LogP contribution in [0.1, 0.15) is 17.1 Å². The summed E-state index contributed by atoms with van der Waals surface area (Å²) in [6.07, 6.45) is 0.764. The van der Waals surface area contributed by atoms with E-state index in [4.69, 9.17) is 0 Å². The van der Waals surface area contributed by atoms with Crippen LogP contribution in [0.2, 0.25) is 0 Å². The number of thiazole rings is 1. The van der Waals surface area contributed by atoms with Gasteiger partial charge in [-0.25, -0.2) is 4.98 Å². The molecule has 146 valence electrons. The molecule has 0 saturated carbocycles. The fraction of sp³-hybridized carbons (Fsp3) is 0.278. The van der Waals surface area contributed by atoms with Gasteiger partial charge in [0.2, 0.25) is 5.91 Å². The zero-order valence-electron chi connectivity index (χ0n) is 15.4. The van der Waals surface area contributed by atoms with Gasteiger partial charge >= 0.3 is 5.97 Å². The quantitative estimate of drug-likeness (QED) is 0.443. The van der Waals surface area contributed by atoms with Crippen LogP contribution in [0, 0.1) is 0 Å². The average molecular weight is 418 g/mol. The van der Waals surface area contributed by atoms with Gasteiger partial charge in [0.05, 0.1) is 25.0 Å². The van der Waals surface area contributed by atoms with Crippen LogP contribution in [0.5, 0.6) is 0 Å². The number of anilines is 1. The van der Waals surface area contributed by atoms with Gasteiger partial charge in [-0.15, -0.1) is 21.5 Å².